The van der Waals surface area contributed by atoms with Crippen LogP contribution < -0.4 is 5.32 Å². The van der Waals surface area contributed by atoms with E-state index in [4.69, 9.17) is 23.2 Å². The lowest BCUT2D eigenvalue weighted by molar-refractivity contribution is -0.141. The van der Waals surface area contributed by atoms with Gasteiger partial charge in [-0.05, 0) is 49.4 Å². The summed E-state index contributed by atoms with van der Waals surface area (Å²) < 4.78 is 0. The van der Waals surface area contributed by atoms with Crippen molar-refractivity contribution in [1.29, 1.82) is 0 Å². The Kier molecular flexibility index (Phi) is 8.39. The van der Waals surface area contributed by atoms with Gasteiger partial charge in [-0.2, -0.15) is 0 Å². The molecule has 6 heteroatoms. The minimum Gasteiger partial charge on any atom is -0.352 e. The second-order valence-corrected chi connectivity index (χ2v) is 9.18. The predicted octanol–water partition coefficient (Wildman–Crippen LogP) is 5.71. The molecule has 166 valence electrons. The molecule has 1 aliphatic rings. The van der Waals surface area contributed by atoms with Crippen LogP contribution in [0.3, 0.4) is 0 Å². The summed E-state index contributed by atoms with van der Waals surface area (Å²) in [6, 6.07) is 12.8. The van der Waals surface area contributed by atoms with Crippen molar-refractivity contribution in [2.24, 2.45) is 0 Å². The summed E-state index contributed by atoms with van der Waals surface area (Å²) in [5, 5.41) is 4.19. The van der Waals surface area contributed by atoms with E-state index < -0.39 is 6.04 Å². The maximum atomic E-state index is 13.4. The van der Waals surface area contributed by atoms with E-state index in [1.807, 2.05) is 44.2 Å². The smallest absolute Gasteiger partial charge is 0.243 e. The normalized spacial score (nSPS) is 15.0. The topological polar surface area (TPSA) is 49.4 Å². The highest BCUT2D eigenvalue weighted by atomic mass is 35.5. The molecule has 2 aromatic carbocycles. The van der Waals surface area contributed by atoms with Gasteiger partial charge in [0.1, 0.15) is 6.04 Å². The quantitative estimate of drug-likeness (QED) is 0.548. The molecule has 1 atom stereocenters. The molecule has 0 radical (unpaired) electrons. The number of nitrogens with one attached hydrogen (secondary N) is 1. The van der Waals surface area contributed by atoms with Crippen molar-refractivity contribution >= 4 is 35.0 Å². The van der Waals surface area contributed by atoms with Gasteiger partial charge in [0.2, 0.25) is 11.8 Å². The highest BCUT2D eigenvalue weighted by Gasteiger charge is 2.31. The SMILES string of the molecule is CCC(C(=O)NC1CCCC1)N(Cc1ccc(Cl)cc1Cl)C(=O)Cc1ccc(C)cc1. The van der Waals surface area contributed by atoms with Crippen molar-refractivity contribution in [3.05, 3.63) is 69.2 Å². The molecule has 0 saturated heterocycles. The molecule has 3 rings (SSSR count). The van der Waals surface area contributed by atoms with E-state index >= 15 is 0 Å². The average molecular weight is 461 g/mol. The van der Waals surface area contributed by atoms with E-state index in [-0.39, 0.29) is 30.8 Å². The number of aryl methyl sites for hydroxylation is 1. The highest BCUT2D eigenvalue weighted by Crippen LogP contribution is 2.25. The van der Waals surface area contributed by atoms with Crippen LogP contribution in [0.5, 0.6) is 0 Å². The van der Waals surface area contributed by atoms with E-state index in [0.29, 0.717) is 16.5 Å². The maximum Gasteiger partial charge on any atom is 0.243 e. The van der Waals surface area contributed by atoms with E-state index in [1.165, 1.54) is 0 Å². The van der Waals surface area contributed by atoms with Crippen molar-refractivity contribution in [1.82, 2.24) is 10.2 Å². The minimum atomic E-state index is -0.551. The van der Waals surface area contributed by atoms with Crippen LogP contribution in [-0.4, -0.2) is 28.8 Å². The van der Waals surface area contributed by atoms with Gasteiger partial charge in [0.15, 0.2) is 0 Å². The molecule has 1 aliphatic carbocycles. The molecule has 1 saturated carbocycles. The number of hydrogen-bond donors (Lipinski definition) is 1. The summed E-state index contributed by atoms with van der Waals surface area (Å²) in [7, 11) is 0. The number of nitrogens with zero attached hydrogens (tertiary/aromatic N) is 1. The lowest BCUT2D eigenvalue weighted by Crippen LogP contribution is -2.51. The molecular weight excluding hydrogens is 431 g/mol. The third-order valence-electron chi connectivity index (χ3n) is 5.92. The third-order valence-corrected chi connectivity index (χ3v) is 6.51. The molecule has 0 bridgehead atoms. The molecule has 1 fully saturated rings. The number of rotatable bonds is 8. The van der Waals surface area contributed by atoms with Gasteiger partial charge in [-0.15, -0.1) is 0 Å². The Labute approximate surface area is 194 Å². The van der Waals surface area contributed by atoms with Crippen LogP contribution in [0.1, 0.15) is 55.7 Å². The number of amides is 2. The van der Waals surface area contributed by atoms with Gasteiger partial charge in [0.05, 0.1) is 6.42 Å². The van der Waals surface area contributed by atoms with Crippen molar-refractivity contribution in [3.8, 4) is 0 Å². The summed E-state index contributed by atoms with van der Waals surface area (Å²) in [5.41, 5.74) is 2.84. The van der Waals surface area contributed by atoms with E-state index in [9.17, 15) is 9.59 Å². The van der Waals surface area contributed by atoms with Crippen molar-refractivity contribution in [3.63, 3.8) is 0 Å². The number of hydrogen-bond acceptors (Lipinski definition) is 2. The first kappa shape index (κ1) is 23.6. The van der Waals surface area contributed by atoms with Crippen LogP contribution in [0.15, 0.2) is 42.5 Å². The van der Waals surface area contributed by atoms with Crippen LogP contribution in [0.2, 0.25) is 10.0 Å². The lowest BCUT2D eigenvalue weighted by atomic mass is 10.1. The monoisotopic (exact) mass is 460 g/mol. The maximum absolute atomic E-state index is 13.4. The van der Waals surface area contributed by atoms with Crippen molar-refractivity contribution < 1.29 is 9.59 Å². The second-order valence-electron chi connectivity index (χ2n) is 8.33. The first-order valence-corrected chi connectivity index (χ1v) is 11.7. The van der Waals surface area contributed by atoms with Gasteiger partial charge < -0.3 is 10.2 Å². The molecule has 31 heavy (non-hydrogen) atoms. The van der Waals surface area contributed by atoms with Crippen molar-refractivity contribution in [2.45, 2.75) is 71.0 Å². The largest absolute Gasteiger partial charge is 0.352 e. The zero-order valence-corrected chi connectivity index (χ0v) is 19.7. The van der Waals surface area contributed by atoms with Crippen molar-refractivity contribution in [2.75, 3.05) is 0 Å². The molecule has 0 aliphatic heterocycles. The number of carbonyl (C=O) groups excluding carboxylic acids is 2. The molecule has 2 amide bonds. The highest BCUT2D eigenvalue weighted by molar-refractivity contribution is 6.35. The van der Waals surface area contributed by atoms with E-state index in [0.717, 1.165) is 42.4 Å². The van der Waals surface area contributed by atoms with E-state index in [1.54, 1.807) is 17.0 Å². The zero-order chi connectivity index (χ0) is 22.4. The zero-order valence-electron chi connectivity index (χ0n) is 18.2. The Bertz CT molecular complexity index is 908. The summed E-state index contributed by atoms with van der Waals surface area (Å²) in [4.78, 5) is 28.2. The van der Waals surface area contributed by atoms with Crippen LogP contribution >= 0.6 is 23.2 Å². The summed E-state index contributed by atoms with van der Waals surface area (Å²) in [5.74, 6) is -0.181. The number of halogens is 2. The third kappa shape index (κ3) is 6.47. The standard InChI is InChI=1S/C25H30Cl2N2O2/c1-3-23(25(31)28-21-6-4-5-7-21)29(16-19-12-13-20(26)15-22(19)27)24(30)14-18-10-8-17(2)9-11-18/h8-13,15,21,23H,3-7,14,16H2,1-2H3,(H,28,31). The molecule has 1 unspecified atom stereocenters. The van der Waals surface area contributed by atoms with Gasteiger partial charge >= 0.3 is 0 Å². The predicted molar refractivity (Wildman–Crippen MR) is 126 cm³/mol. The van der Waals surface area contributed by atoms with Gasteiger partial charge in [0, 0.05) is 22.6 Å². The number of benzene rings is 2. The fraction of sp³-hybridized carbons (Fsp3) is 0.440. The first-order chi connectivity index (χ1) is 14.9. The van der Waals surface area contributed by atoms with Gasteiger partial charge in [-0.3, -0.25) is 9.59 Å². The van der Waals surface area contributed by atoms with Crippen LogP contribution in [0.25, 0.3) is 0 Å². The van der Waals surface area contributed by atoms with Crippen LogP contribution in [-0.2, 0) is 22.6 Å². The molecule has 2 aromatic rings. The Morgan fingerprint density at radius 1 is 1.10 bits per heavy atom. The Balaban J connectivity index is 1.84. The first-order valence-electron chi connectivity index (χ1n) is 11.0. The Morgan fingerprint density at radius 2 is 1.77 bits per heavy atom. The van der Waals surface area contributed by atoms with Crippen LogP contribution in [0, 0.1) is 6.92 Å². The Morgan fingerprint density at radius 3 is 2.39 bits per heavy atom. The van der Waals surface area contributed by atoms with Gasteiger partial charge in [-0.1, -0.05) is 78.9 Å². The molecule has 0 aromatic heterocycles. The van der Waals surface area contributed by atoms with Gasteiger partial charge in [-0.25, -0.2) is 0 Å². The second kappa shape index (κ2) is 11.0. The average Bonchev–Trinajstić information content (AvgIpc) is 3.24. The molecular formula is C25H30Cl2N2O2. The lowest BCUT2D eigenvalue weighted by Gasteiger charge is -2.32. The molecule has 1 N–H and O–H groups in total. The van der Waals surface area contributed by atoms with Gasteiger partial charge in [0.25, 0.3) is 0 Å². The summed E-state index contributed by atoms with van der Waals surface area (Å²) in [6.07, 6.45) is 5.05. The Hall–Kier alpha value is -2.04. The fourth-order valence-corrected chi connectivity index (χ4v) is 4.57. The minimum absolute atomic E-state index is 0.0863. The molecule has 0 heterocycles. The number of carbonyl (C=O) groups is 2. The summed E-state index contributed by atoms with van der Waals surface area (Å²) >= 11 is 12.4. The summed E-state index contributed by atoms with van der Waals surface area (Å²) in [6.45, 7) is 4.22. The molecule has 4 nitrogen and oxygen atoms in total. The van der Waals surface area contributed by atoms with Crippen LogP contribution in [0.4, 0.5) is 0 Å². The molecule has 0 spiro atoms. The van der Waals surface area contributed by atoms with E-state index in [2.05, 4.69) is 5.32 Å². The fourth-order valence-electron chi connectivity index (χ4n) is 4.10.